The summed E-state index contributed by atoms with van der Waals surface area (Å²) in [7, 11) is 0. The summed E-state index contributed by atoms with van der Waals surface area (Å²) in [5, 5.41) is 2.88. The normalized spacial score (nSPS) is 18.9. The maximum atomic E-state index is 12.0. The molecule has 0 aromatic carbocycles. The van der Waals surface area contributed by atoms with Gasteiger partial charge >= 0.3 is 0 Å². The number of nitrogens with two attached hydrogens (primary N) is 1. The average Bonchev–Trinajstić information content (AvgIpc) is 2.45. The van der Waals surface area contributed by atoms with Gasteiger partial charge in [0.1, 0.15) is 5.82 Å². The van der Waals surface area contributed by atoms with E-state index in [0.717, 1.165) is 35.2 Å². The molecule has 5 nitrogen and oxygen atoms in total. The summed E-state index contributed by atoms with van der Waals surface area (Å²) >= 11 is 3.56. The number of nitrogens with zero attached hydrogens (tertiary/aromatic N) is 2. The van der Waals surface area contributed by atoms with Crippen molar-refractivity contribution in [2.45, 2.75) is 19.8 Å². The number of hydrogen-bond donors (Lipinski definition) is 2. The molecule has 110 valence electrons. The number of nitrogens with one attached hydrogen (secondary N) is 1. The maximum absolute atomic E-state index is 12.0. The maximum Gasteiger partial charge on any atom is 0.224 e. The van der Waals surface area contributed by atoms with E-state index >= 15 is 0 Å². The molecule has 1 fully saturated rings. The Hall–Kier alpha value is -1.14. The van der Waals surface area contributed by atoms with Crippen LogP contribution in [0.5, 0.6) is 0 Å². The lowest BCUT2D eigenvalue weighted by atomic mass is 9.97. The van der Waals surface area contributed by atoms with Crippen molar-refractivity contribution < 1.29 is 4.79 Å². The van der Waals surface area contributed by atoms with Crippen LogP contribution in [0.1, 0.15) is 18.4 Å². The summed E-state index contributed by atoms with van der Waals surface area (Å²) in [5.74, 6) is 1.04. The molecule has 1 atom stereocenters. The Balaban J connectivity index is 2.04. The molecule has 1 aromatic rings. The van der Waals surface area contributed by atoms with E-state index in [4.69, 9.17) is 5.73 Å². The Bertz CT molecular complexity index is 480. The molecule has 1 aromatic heterocycles. The van der Waals surface area contributed by atoms with Crippen molar-refractivity contribution in [1.82, 2.24) is 10.3 Å². The molecular formula is C14H21BrN4O. The van der Waals surface area contributed by atoms with E-state index in [9.17, 15) is 4.79 Å². The molecule has 1 unspecified atom stereocenters. The fourth-order valence-electron chi connectivity index (χ4n) is 2.48. The molecule has 0 spiro atoms. The monoisotopic (exact) mass is 340 g/mol. The summed E-state index contributed by atoms with van der Waals surface area (Å²) in [4.78, 5) is 18.7. The van der Waals surface area contributed by atoms with Crippen LogP contribution < -0.4 is 16.0 Å². The van der Waals surface area contributed by atoms with Gasteiger partial charge < -0.3 is 16.0 Å². The van der Waals surface area contributed by atoms with Gasteiger partial charge in [0.15, 0.2) is 0 Å². The molecule has 0 bridgehead atoms. The van der Waals surface area contributed by atoms with Gasteiger partial charge in [0.25, 0.3) is 0 Å². The number of hydrogen-bond acceptors (Lipinski definition) is 4. The summed E-state index contributed by atoms with van der Waals surface area (Å²) in [6.45, 7) is 4.69. The van der Waals surface area contributed by atoms with Gasteiger partial charge in [0, 0.05) is 32.4 Å². The Labute approximate surface area is 128 Å². The molecule has 2 rings (SSSR count). The number of aryl methyl sites for hydroxylation is 1. The first-order valence-corrected chi connectivity index (χ1v) is 7.76. The number of halogens is 1. The Morgan fingerprint density at radius 2 is 2.45 bits per heavy atom. The largest absolute Gasteiger partial charge is 0.355 e. The van der Waals surface area contributed by atoms with Crippen molar-refractivity contribution >= 4 is 27.7 Å². The quantitative estimate of drug-likeness (QED) is 0.870. The van der Waals surface area contributed by atoms with E-state index in [-0.39, 0.29) is 11.8 Å². The minimum Gasteiger partial charge on any atom is -0.355 e. The van der Waals surface area contributed by atoms with Gasteiger partial charge in [-0.25, -0.2) is 4.98 Å². The van der Waals surface area contributed by atoms with Crippen molar-refractivity contribution in [3.05, 3.63) is 22.3 Å². The summed E-state index contributed by atoms with van der Waals surface area (Å²) < 4.78 is 0.987. The van der Waals surface area contributed by atoms with Gasteiger partial charge in [0.2, 0.25) is 5.91 Å². The van der Waals surface area contributed by atoms with Crippen molar-refractivity contribution in [3.63, 3.8) is 0 Å². The lowest BCUT2D eigenvalue weighted by molar-refractivity contribution is -0.125. The van der Waals surface area contributed by atoms with E-state index in [0.29, 0.717) is 19.6 Å². The molecule has 1 aliphatic rings. The minimum absolute atomic E-state index is 0.0188. The van der Waals surface area contributed by atoms with Crippen LogP contribution in [-0.4, -0.2) is 37.1 Å². The second-order valence-corrected chi connectivity index (χ2v) is 6.04. The fourth-order valence-corrected chi connectivity index (χ4v) is 3.20. The number of piperidine rings is 1. The Morgan fingerprint density at radius 3 is 3.15 bits per heavy atom. The topological polar surface area (TPSA) is 71.2 Å². The third kappa shape index (κ3) is 3.70. The molecule has 1 amide bonds. The highest BCUT2D eigenvalue weighted by Gasteiger charge is 2.27. The predicted molar refractivity (Wildman–Crippen MR) is 83.7 cm³/mol. The van der Waals surface area contributed by atoms with Crippen LogP contribution in [0.25, 0.3) is 0 Å². The lowest BCUT2D eigenvalue weighted by Gasteiger charge is -2.33. The van der Waals surface area contributed by atoms with Gasteiger partial charge in [-0.3, -0.25) is 4.79 Å². The summed E-state index contributed by atoms with van der Waals surface area (Å²) in [6.07, 6.45) is 3.79. The van der Waals surface area contributed by atoms with Crippen molar-refractivity contribution in [2.24, 2.45) is 11.7 Å². The van der Waals surface area contributed by atoms with Crippen molar-refractivity contribution in [2.75, 3.05) is 31.1 Å². The molecule has 6 heteroatoms. The third-order valence-corrected chi connectivity index (χ3v) is 4.08. The lowest BCUT2D eigenvalue weighted by Crippen LogP contribution is -2.44. The number of aromatic nitrogens is 1. The van der Waals surface area contributed by atoms with Crippen LogP contribution in [0.2, 0.25) is 0 Å². The molecule has 20 heavy (non-hydrogen) atoms. The Kier molecular flexibility index (Phi) is 5.37. The van der Waals surface area contributed by atoms with Crippen LogP contribution in [0.4, 0.5) is 5.82 Å². The fraction of sp³-hybridized carbons (Fsp3) is 0.571. The number of amides is 1. The standard InChI is InChI=1S/C14H21BrN4O/c1-10-7-12(15)13(18-8-10)19-6-2-3-11(9-19)14(20)17-5-4-16/h7-8,11H,2-6,9,16H2,1H3,(H,17,20). The number of rotatable bonds is 4. The van der Waals surface area contributed by atoms with Crippen LogP contribution >= 0.6 is 15.9 Å². The van der Waals surface area contributed by atoms with Gasteiger partial charge in [-0.2, -0.15) is 0 Å². The van der Waals surface area contributed by atoms with Gasteiger partial charge in [-0.1, -0.05) is 0 Å². The van der Waals surface area contributed by atoms with Crippen LogP contribution in [0.3, 0.4) is 0 Å². The first kappa shape index (κ1) is 15.3. The van der Waals surface area contributed by atoms with Crippen LogP contribution in [0.15, 0.2) is 16.7 Å². The molecule has 3 N–H and O–H groups in total. The van der Waals surface area contributed by atoms with E-state index in [1.54, 1.807) is 0 Å². The molecule has 0 saturated carbocycles. The highest BCUT2D eigenvalue weighted by molar-refractivity contribution is 9.10. The zero-order valence-corrected chi connectivity index (χ0v) is 13.3. The SMILES string of the molecule is Cc1cnc(N2CCCC(C(=O)NCCN)C2)c(Br)c1. The van der Waals surface area contributed by atoms with E-state index < -0.39 is 0 Å². The summed E-state index contributed by atoms with van der Waals surface area (Å²) in [5.41, 5.74) is 6.54. The summed E-state index contributed by atoms with van der Waals surface area (Å²) in [6, 6.07) is 2.06. The zero-order valence-electron chi connectivity index (χ0n) is 11.7. The average molecular weight is 341 g/mol. The second kappa shape index (κ2) is 7.04. The first-order valence-electron chi connectivity index (χ1n) is 6.96. The van der Waals surface area contributed by atoms with E-state index in [1.807, 2.05) is 13.1 Å². The molecule has 1 aliphatic heterocycles. The second-order valence-electron chi connectivity index (χ2n) is 5.18. The number of anilines is 1. The smallest absolute Gasteiger partial charge is 0.224 e. The molecule has 0 radical (unpaired) electrons. The van der Waals surface area contributed by atoms with E-state index in [2.05, 4.69) is 37.2 Å². The Morgan fingerprint density at radius 1 is 1.65 bits per heavy atom. The predicted octanol–water partition coefficient (Wildman–Crippen LogP) is 1.44. The van der Waals surface area contributed by atoms with Gasteiger partial charge in [-0.05, 0) is 47.3 Å². The number of pyridine rings is 1. The van der Waals surface area contributed by atoms with E-state index in [1.165, 1.54) is 0 Å². The highest BCUT2D eigenvalue weighted by atomic mass is 79.9. The first-order chi connectivity index (χ1) is 9.61. The van der Waals surface area contributed by atoms with Gasteiger partial charge in [-0.15, -0.1) is 0 Å². The molecule has 0 aliphatic carbocycles. The molecule has 2 heterocycles. The van der Waals surface area contributed by atoms with Crippen LogP contribution in [0, 0.1) is 12.8 Å². The van der Waals surface area contributed by atoms with Crippen molar-refractivity contribution in [1.29, 1.82) is 0 Å². The molecular weight excluding hydrogens is 320 g/mol. The number of carbonyl (C=O) groups is 1. The molecule has 1 saturated heterocycles. The zero-order chi connectivity index (χ0) is 14.5. The van der Waals surface area contributed by atoms with Crippen molar-refractivity contribution in [3.8, 4) is 0 Å². The highest BCUT2D eigenvalue weighted by Crippen LogP contribution is 2.28. The minimum atomic E-state index is 0.0188. The van der Waals surface area contributed by atoms with Gasteiger partial charge in [0.05, 0.1) is 10.4 Å². The third-order valence-electron chi connectivity index (χ3n) is 3.49. The van der Waals surface area contributed by atoms with Crippen LogP contribution in [-0.2, 0) is 4.79 Å². The number of carbonyl (C=O) groups excluding carboxylic acids is 1.